The number of hydrogen-bond donors (Lipinski definition) is 1. The molecule has 1 aromatic rings. The topological polar surface area (TPSA) is 64.6 Å². The molecule has 122 valence electrons. The fraction of sp³-hybridized carbons (Fsp3) is 0.500. The molecule has 0 fully saturated rings. The Kier molecular flexibility index (Phi) is 7.80. The Hall–Kier alpha value is -1.69. The van der Waals surface area contributed by atoms with Crippen molar-refractivity contribution in [3.63, 3.8) is 0 Å². The quantitative estimate of drug-likeness (QED) is 0.588. The Bertz CT molecular complexity index is 487. The van der Waals surface area contributed by atoms with Crippen LogP contribution in [0, 0.1) is 5.92 Å². The van der Waals surface area contributed by atoms with Crippen LogP contribution >= 0.6 is 11.8 Å². The van der Waals surface area contributed by atoms with Gasteiger partial charge in [0, 0.05) is 11.4 Å². The van der Waals surface area contributed by atoms with Gasteiger partial charge in [-0.2, -0.15) is 0 Å². The smallest absolute Gasteiger partial charge is 0.317 e. The number of ether oxygens (including phenoxy) is 2. The number of hydrogen-bond acceptors (Lipinski definition) is 5. The van der Waals surface area contributed by atoms with Crippen molar-refractivity contribution in [3.05, 3.63) is 24.3 Å². The molecule has 1 atom stereocenters. The number of esters is 1. The summed E-state index contributed by atoms with van der Waals surface area (Å²) in [7, 11) is 1.60. The lowest BCUT2D eigenvalue weighted by molar-refractivity contribution is -0.152. The van der Waals surface area contributed by atoms with Gasteiger partial charge in [0.25, 0.3) is 5.91 Å². The lowest BCUT2D eigenvalue weighted by atomic mass is 10.2. The van der Waals surface area contributed by atoms with E-state index in [0.717, 1.165) is 10.6 Å². The highest BCUT2D eigenvalue weighted by Gasteiger charge is 2.17. The summed E-state index contributed by atoms with van der Waals surface area (Å²) in [6.45, 7) is 6.15. The van der Waals surface area contributed by atoms with E-state index in [9.17, 15) is 9.59 Å². The molecule has 0 heterocycles. The standard InChI is InChI=1S/C16H23NO4S/c1-11(2)9-17-16(19)12(3)21-15(18)10-22-14-7-5-13(20-4)6-8-14/h5-8,11-12H,9-10H2,1-4H3,(H,17,19)/t12-/m0/s1. The molecule has 1 rings (SSSR count). The van der Waals surface area contributed by atoms with Crippen LogP contribution in [0.2, 0.25) is 0 Å². The normalized spacial score (nSPS) is 11.9. The van der Waals surface area contributed by atoms with E-state index in [0.29, 0.717) is 12.5 Å². The van der Waals surface area contributed by atoms with Gasteiger partial charge in [0.1, 0.15) is 5.75 Å². The van der Waals surface area contributed by atoms with E-state index in [-0.39, 0.29) is 11.7 Å². The number of thioether (sulfide) groups is 1. The monoisotopic (exact) mass is 325 g/mol. The van der Waals surface area contributed by atoms with Crippen molar-refractivity contribution in [2.45, 2.75) is 31.8 Å². The summed E-state index contributed by atoms with van der Waals surface area (Å²) in [6.07, 6.45) is -0.775. The molecule has 0 saturated carbocycles. The van der Waals surface area contributed by atoms with Gasteiger partial charge in [0.05, 0.1) is 12.9 Å². The van der Waals surface area contributed by atoms with Gasteiger partial charge in [-0.3, -0.25) is 9.59 Å². The van der Waals surface area contributed by atoms with Crippen LogP contribution in [0.15, 0.2) is 29.2 Å². The van der Waals surface area contributed by atoms with Crippen LogP contribution in [0.4, 0.5) is 0 Å². The molecule has 22 heavy (non-hydrogen) atoms. The summed E-state index contributed by atoms with van der Waals surface area (Å²) in [5, 5.41) is 2.74. The maximum absolute atomic E-state index is 11.7. The Morgan fingerprint density at radius 3 is 2.36 bits per heavy atom. The zero-order valence-corrected chi connectivity index (χ0v) is 14.2. The van der Waals surface area contributed by atoms with Gasteiger partial charge >= 0.3 is 5.97 Å². The number of carbonyl (C=O) groups is 2. The summed E-state index contributed by atoms with van der Waals surface area (Å²) in [5.74, 6) is 0.609. The van der Waals surface area contributed by atoms with Crippen molar-refractivity contribution in [3.8, 4) is 5.75 Å². The van der Waals surface area contributed by atoms with Crippen LogP contribution < -0.4 is 10.1 Å². The first-order valence-corrected chi connectivity index (χ1v) is 8.15. The summed E-state index contributed by atoms with van der Waals surface area (Å²) in [6, 6.07) is 7.40. The number of benzene rings is 1. The van der Waals surface area contributed by atoms with Crippen molar-refractivity contribution in [1.29, 1.82) is 0 Å². The van der Waals surface area contributed by atoms with Gasteiger partial charge in [0.2, 0.25) is 0 Å². The molecular formula is C16H23NO4S. The van der Waals surface area contributed by atoms with Crippen LogP contribution in [-0.2, 0) is 14.3 Å². The predicted octanol–water partition coefficient (Wildman–Crippen LogP) is 2.49. The number of carbonyl (C=O) groups excluding carboxylic acids is 2. The van der Waals surface area contributed by atoms with E-state index >= 15 is 0 Å². The van der Waals surface area contributed by atoms with Gasteiger partial charge in [-0.1, -0.05) is 13.8 Å². The number of methoxy groups -OCH3 is 1. The van der Waals surface area contributed by atoms with Crippen LogP contribution in [0.5, 0.6) is 5.75 Å². The van der Waals surface area contributed by atoms with E-state index in [1.165, 1.54) is 11.8 Å². The van der Waals surface area contributed by atoms with E-state index in [4.69, 9.17) is 9.47 Å². The fourth-order valence-corrected chi connectivity index (χ4v) is 2.23. The maximum atomic E-state index is 11.7. The maximum Gasteiger partial charge on any atom is 0.317 e. The van der Waals surface area contributed by atoms with E-state index in [1.54, 1.807) is 14.0 Å². The SMILES string of the molecule is COc1ccc(SCC(=O)O[C@@H](C)C(=O)NCC(C)C)cc1. The summed E-state index contributed by atoms with van der Waals surface area (Å²) in [5.41, 5.74) is 0. The summed E-state index contributed by atoms with van der Waals surface area (Å²) in [4.78, 5) is 24.4. The average molecular weight is 325 g/mol. The predicted molar refractivity (Wildman–Crippen MR) is 87.1 cm³/mol. The van der Waals surface area contributed by atoms with E-state index < -0.39 is 12.1 Å². The molecule has 0 radical (unpaired) electrons. The molecule has 0 aromatic heterocycles. The minimum atomic E-state index is -0.775. The molecule has 0 aliphatic rings. The Balaban J connectivity index is 2.34. The molecular weight excluding hydrogens is 302 g/mol. The highest BCUT2D eigenvalue weighted by atomic mass is 32.2. The first-order chi connectivity index (χ1) is 10.4. The second-order valence-corrected chi connectivity index (χ2v) is 6.28. The minimum absolute atomic E-state index is 0.161. The number of rotatable bonds is 8. The molecule has 1 N–H and O–H groups in total. The zero-order valence-electron chi connectivity index (χ0n) is 13.4. The van der Waals surface area contributed by atoms with Gasteiger partial charge in [0.15, 0.2) is 6.10 Å². The molecule has 0 aliphatic heterocycles. The van der Waals surface area contributed by atoms with E-state index in [1.807, 2.05) is 38.1 Å². The second-order valence-electron chi connectivity index (χ2n) is 5.24. The highest BCUT2D eigenvalue weighted by molar-refractivity contribution is 8.00. The lowest BCUT2D eigenvalue weighted by Crippen LogP contribution is -2.37. The molecule has 0 bridgehead atoms. The van der Waals surface area contributed by atoms with Gasteiger partial charge in [-0.05, 0) is 37.1 Å². The number of nitrogens with one attached hydrogen (secondary N) is 1. The molecule has 6 heteroatoms. The van der Waals surface area contributed by atoms with Crippen molar-refractivity contribution in [1.82, 2.24) is 5.32 Å². The third-order valence-corrected chi connectivity index (χ3v) is 3.76. The van der Waals surface area contributed by atoms with Crippen LogP contribution in [0.25, 0.3) is 0 Å². The first-order valence-electron chi connectivity index (χ1n) is 7.16. The Labute approximate surface area is 135 Å². The number of amides is 1. The molecule has 1 amide bonds. The van der Waals surface area contributed by atoms with Crippen molar-refractivity contribution in [2.75, 3.05) is 19.4 Å². The molecule has 5 nitrogen and oxygen atoms in total. The Morgan fingerprint density at radius 2 is 1.82 bits per heavy atom. The van der Waals surface area contributed by atoms with Gasteiger partial charge in [-0.25, -0.2) is 0 Å². The van der Waals surface area contributed by atoms with Crippen LogP contribution in [-0.4, -0.2) is 37.4 Å². The first kappa shape index (κ1) is 18.4. The molecule has 0 spiro atoms. The summed E-state index contributed by atoms with van der Waals surface area (Å²) >= 11 is 1.36. The zero-order chi connectivity index (χ0) is 16.5. The van der Waals surface area contributed by atoms with Crippen LogP contribution in [0.1, 0.15) is 20.8 Å². The van der Waals surface area contributed by atoms with Gasteiger partial charge < -0.3 is 14.8 Å². The average Bonchev–Trinajstić information content (AvgIpc) is 2.50. The van der Waals surface area contributed by atoms with E-state index in [2.05, 4.69) is 5.32 Å². The van der Waals surface area contributed by atoms with Crippen molar-refractivity contribution in [2.24, 2.45) is 5.92 Å². The molecule has 0 unspecified atom stereocenters. The van der Waals surface area contributed by atoms with Crippen molar-refractivity contribution >= 4 is 23.6 Å². The fourth-order valence-electron chi connectivity index (χ4n) is 1.55. The van der Waals surface area contributed by atoms with Crippen LogP contribution in [0.3, 0.4) is 0 Å². The molecule has 0 aliphatic carbocycles. The Morgan fingerprint density at radius 1 is 1.18 bits per heavy atom. The lowest BCUT2D eigenvalue weighted by Gasteiger charge is -2.14. The molecule has 1 aromatic carbocycles. The third-order valence-electron chi connectivity index (χ3n) is 2.78. The summed E-state index contributed by atoms with van der Waals surface area (Å²) < 4.78 is 10.2. The third kappa shape index (κ3) is 6.85. The highest BCUT2D eigenvalue weighted by Crippen LogP contribution is 2.21. The molecule has 0 saturated heterocycles. The second kappa shape index (κ2) is 9.35. The van der Waals surface area contributed by atoms with Crippen molar-refractivity contribution < 1.29 is 19.1 Å². The largest absolute Gasteiger partial charge is 0.497 e. The van der Waals surface area contributed by atoms with Gasteiger partial charge in [-0.15, -0.1) is 11.8 Å². The minimum Gasteiger partial charge on any atom is -0.497 e.